The van der Waals surface area contributed by atoms with Gasteiger partial charge in [0.2, 0.25) is 0 Å². The maximum Gasteiger partial charge on any atom is 0.125 e. The molecular weight excluding hydrogens is 188 g/mol. The van der Waals surface area contributed by atoms with Crippen molar-refractivity contribution < 1.29 is 5.11 Å². The molecule has 1 aromatic carbocycles. The summed E-state index contributed by atoms with van der Waals surface area (Å²) in [6.07, 6.45) is 1.62. The van der Waals surface area contributed by atoms with Crippen LogP contribution in [0.4, 0.5) is 0 Å². The number of nitrogens with one attached hydrogen (secondary N) is 1. The Bertz CT molecular complexity index is 412. The molecule has 0 bridgehead atoms. The molecule has 0 saturated heterocycles. The fourth-order valence-electron chi connectivity index (χ4n) is 1.13. The van der Waals surface area contributed by atoms with E-state index >= 15 is 0 Å². The van der Waals surface area contributed by atoms with Crippen LogP contribution in [0.3, 0.4) is 0 Å². The van der Waals surface area contributed by atoms with Crippen LogP contribution >= 0.6 is 11.6 Å². The number of hydrogen-bond acceptors (Lipinski definition) is 2. The number of aromatic hydroxyl groups is 1. The van der Waals surface area contributed by atoms with Gasteiger partial charge in [-0.05, 0) is 24.3 Å². The van der Waals surface area contributed by atoms with E-state index in [9.17, 15) is 5.11 Å². The highest BCUT2D eigenvalue weighted by atomic mass is 35.5. The van der Waals surface area contributed by atoms with E-state index in [-0.39, 0.29) is 5.75 Å². The van der Waals surface area contributed by atoms with E-state index in [0.29, 0.717) is 10.6 Å². The average molecular weight is 195 g/mol. The lowest BCUT2D eigenvalue weighted by Gasteiger charge is -2.01. The van der Waals surface area contributed by atoms with Crippen LogP contribution in [0.25, 0.3) is 11.3 Å². The van der Waals surface area contributed by atoms with Gasteiger partial charge in [0.1, 0.15) is 5.75 Å². The van der Waals surface area contributed by atoms with E-state index in [1.807, 2.05) is 0 Å². The van der Waals surface area contributed by atoms with Gasteiger partial charge in [0.05, 0.1) is 5.69 Å². The van der Waals surface area contributed by atoms with Crippen molar-refractivity contribution in [1.82, 2.24) is 10.2 Å². The second kappa shape index (κ2) is 3.11. The number of aromatic amines is 1. The molecule has 0 atom stereocenters. The largest absolute Gasteiger partial charge is 0.507 e. The summed E-state index contributed by atoms with van der Waals surface area (Å²) in [5, 5.41) is 16.6. The third-order valence-electron chi connectivity index (χ3n) is 1.75. The van der Waals surface area contributed by atoms with Gasteiger partial charge in [0.25, 0.3) is 0 Å². The number of phenolic OH excluding ortho intramolecular Hbond substituents is 1. The summed E-state index contributed by atoms with van der Waals surface area (Å²) in [7, 11) is 0. The Hall–Kier alpha value is -1.48. The lowest BCUT2D eigenvalue weighted by molar-refractivity contribution is 0.477. The van der Waals surface area contributed by atoms with Crippen LogP contribution in [0, 0.1) is 0 Å². The number of nitrogens with zero attached hydrogens (tertiary/aromatic N) is 1. The molecule has 0 saturated carbocycles. The van der Waals surface area contributed by atoms with Gasteiger partial charge in [-0.25, -0.2) is 0 Å². The first-order valence-electron chi connectivity index (χ1n) is 3.75. The minimum atomic E-state index is 0.189. The molecule has 2 aromatic rings. The Kier molecular flexibility index (Phi) is 1.94. The maximum atomic E-state index is 9.50. The number of halogens is 1. The molecule has 3 nitrogen and oxygen atoms in total. The molecule has 1 heterocycles. The van der Waals surface area contributed by atoms with Gasteiger partial charge in [0.15, 0.2) is 0 Å². The molecular formula is C9H7ClN2O. The third kappa shape index (κ3) is 1.51. The van der Waals surface area contributed by atoms with Gasteiger partial charge in [-0.2, -0.15) is 5.10 Å². The first kappa shape index (κ1) is 8.13. The lowest BCUT2D eigenvalue weighted by Crippen LogP contribution is -1.79. The molecule has 4 heteroatoms. The summed E-state index contributed by atoms with van der Waals surface area (Å²) in [5.41, 5.74) is 1.41. The molecule has 0 fully saturated rings. The van der Waals surface area contributed by atoms with E-state index in [4.69, 9.17) is 11.6 Å². The zero-order valence-corrected chi connectivity index (χ0v) is 7.42. The minimum Gasteiger partial charge on any atom is -0.507 e. The quantitative estimate of drug-likeness (QED) is 0.733. The van der Waals surface area contributed by atoms with Gasteiger partial charge in [-0.3, -0.25) is 5.10 Å². The number of hydrogen-bond donors (Lipinski definition) is 2. The summed E-state index contributed by atoms with van der Waals surface area (Å²) < 4.78 is 0. The molecule has 0 aliphatic rings. The Morgan fingerprint density at radius 3 is 2.85 bits per heavy atom. The SMILES string of the molecule is Oc1ccc(Cl)cc1-c1ccn[nH]1. The van der Waals surface area contributed by atoms with Crippen molar-refractivity contribution >= 4 is 11.6 Å². The monoisotopic (exact) mass is 194 g/mol. The molecule has 0 radical (unpaired) electrons. The average Bonchev–Trinajstić information content (AvgIpc) is 2.61. The number of aromatic nitrogens is 2. The number of rotatable bonds is 1. The Morgan fingerprint density at radius 1 is 1.31 bits per heavy atom. The van der Waals surface area contributed by atoms with Crippen molar-refractivity contribution in [2.45, 2.75) is 0 Å². The maximum absolute atomic E-state index is 9.50. The summed E-state index contributed by atoms with van der Waals surface area (Å²) in [6, 6.07) is 6.64. The fraction of sp³-hybridized carbons (Fsp3) is 0. The molecule has 1 aromatic heterocycles. The fourth-order valence-corrected chi connectivity index (χ4v) is 1.30. The molecule has 0 amide bonds. The number of H-pyrrole nitrogens is 1. The van der Waals surface area contributed by atoms with Crippen LogP contribution < -0.4 is 0 Å². The number of benzene rings is 1. The van der Waals surface area contributed by atoms with Crippen LogP contribution in [-0.4, -0.2) is 15.3 Å². The molecule has 2 rings (SSSR count). The minimum absolute atomic E-state index is 0.189. The van der Waals surface area contributed by atoms with Crippen molar-refractivity contribution in [1.29, 1.82) is 0 Å². The van der Waals surface area contributed by atoms with Crippen molar-refractivity contribution in [2.75, 3.05) is 0 Å². The summed E-state index contributed by atoms with van der Waals surface area (Å²) in [5.74, 6) is 0.189. The summed E-state index contributed by atoms with van der Waals surface area (Å²) in [6.45, 7) is 0. The Morgan fingerprint density at radius 2 is 2.15 bits per heavy atom. The molecule has 13 heavy (non-hydrogen) atoms. The first-order chi connectivity index (χ1) is 6.27. The molecule has 0 aliphatic carbocycles. The zero-order chi connectivity index (χ0) is 9.26. The highest BCUT2D eigenvalue weighted by Gasteiger charge is 2.05. The highest BCUT2D eigenvalue weighted by Crippen LogP contribution is 2.29. The van der Waals surface area contributed by atoms with Crippen molar-refractivity contribution in [3.8, 4) is 17.0 Å². The molecule has 2 N–H and O–H groups in total. The number of phenols is 1. The highest BCUT2D eigenvalue weighted by molar-refractivity contribution is 6.30. The zero-order valence-electron chi connectivity index (χ0n) is 6.66. The van der Waals surface area contributed by atoms with E-state index < -0.39 is 0 Å². The Labute approximate surface area is 80.0 Å². The molecule has 0 aliphatic heterocycles. The first-order valence-corrected chi connectivity index (χ1v) is 4.13. The van der Waals surface area contributed by atoms with Crippen LogP contribution in [0.2, 0.25) is 5.02 Å². The third-order valence-corrected chi connectivity index (χ3v) is 1.98. The lowest BCUT2D eigenvalue weighted by atomic mass is 10.1. The van der Waals surface area contributed by atoms with Crippen LogP contribution in [-0.2, 0) is 0 Å². The predicted octanol–water partition coefficient (Wildman–Crippen LogP) is 2.44. The van der Waals surface area contributed by atoms with E-state index in [1.165, 1.54) is 0 Å². The van der Waals surface area contributed by atoms with Crippen molar-refractivity contribution in [3.05, 3.63) is 35.5 Å². The molecule has 0 unspecified atom stereocenters. The van der Waals surface area contributed by atoms with Gasteiger partial charge >= 0.3 is 0 Å². The normalized spacial score (nSPS) is 10.2. The Balaban J connectivity index is 2.57. The van der Waals surface area contributed by atoms with Gasteiger partial charge in [0, 0.05) is 16.8 Å². The van der Waals surface area contributed by atoms with Crippen molar-refractivity contribution in [3.63, 3.8) is 0 Å². The van der Waals surface area contributed by atoms with Gasteiger partial charge < -0.3 is 5.11 Å². The van der Waals surface area contributed by atoms with E-state index in [2.05, 4.69) is 10.2 Å². The second-order valence-corrected chi connectivity index (χ2v) is 3.07. The summed E-state index contributed by atoms with van der Waals surface area (Å²) in [4.78, 5) is 0. The molecule has 66 valence electrons. The second-order valence-electron chi connectivity index (χ2n) is 2.63. The smallest absolute Gasteiger partial charge is 0.125 e. The van der Waals surface area contributed by atoms with Crippen LogP contribution in [0.15, 0.2) is 30.5 Å². The van der Waals surface area contributed by atoms with Gasteiger partial charge in [-0.1, -0.05) is 11.6 Å². The van der Waals surface area contributed by atoms with Crippen LogP contribution in [0.5, 0.6) is 5.75 Å². The molecule has 0 spiro atoms. The van der Waals surface area contributed by atoms with E-state index in [1.54, 1.807) is 30.5 Å². The topological polar surface area (TPSA) is 48.9 Å². The standard InChI is InChI=1S/C9H7ClN2O/c10-6-1-2-9(13)7(5-6)8-3-4-11-12-8/h1-5,13H,(H,11,12). The van der Waals surface area contributed by atoms with Gasteiger partial charge in [-0.15, -0.1) is 0 Å². The van der Waals surface area contributed by atoms with Crippen molar-refractivity contribution in [2.24, 2.45) is 0 Å². The predicted molar refractivity (Wildman–Crippen MR) is 50.7 cm³/mol. The van der Waals surface area contributed by atoms with E-state index in [0.717, 1.165) is 5.69 Å². The summed E-state index contributed by atoms with van der Waals surface area (Å²) >= 11 is 5.79. The van der Waals surface area contributed by atoms with Crippen LogP contribution in [0.1, 0.15) is 0 Å².